The Morgan fingerprint density at radius 3 is 1.28 bits per heavy atom. The average Bonchev–Trinajstić information content (AvgIpc) is 1.57. The van der Waals surface area contributed by atoms with Gasteiger partial charge in [-0.05, 0) is 127 Å². The number of benzene rings is 4. The number of ether oxygens (including phenoxy) is 2. The molecule has 33 heteroatoms. The van der Waals surface area contributed by atoms with Crippen LogP contribution in [0.2, 0.25) is 0 Å². The molecular formula is C71H99ClN10O18S4. The summed E-state index contributed by atoms with van der Waals surface area (Å²) in [5.74, 6) is -5.37. The number of rotatable bonds is 20. The van der Waals surface area contributed by atoms with Crippen molar-refractivity contribution in [2.75, 3.05) is 13.1 Å². The topological polar surface area (TPSA) is 408 Å². The van der Waals surface area contributed by atoms with Gasteiger partial charge in [0.15, 0.2) is 0 Å². The molecule has 0 bridgehead atoms. The Labute approximate surface area is 614 Å². The molecule has 2 heterocycles. The molecule has 9 N–H and O–H groups in total. The quantitative estimate of drug-likeness (QED) is 0.0340. The summed E-state index contributed by atoms with van der Waals surface area (Å²) in [5.41, 5.74) is -0.231. The second-order valence-corrected chi connectivity index (χ2v) is 39.3. The van der Waals surface area contributed by atoms with Gasteiger partial charge in [-0.1, -0.05) is 134 Å². The Balaban J connectivity index is 0.000000249. The second-order valence-electron chi connectivity index (χ2n) is 31.2. The Bertz CT molecular complexity index is 4480. The van der Waals surface area contributed by atoms with Crippen LogP contribution in [0.4, 0.5) is 9.59 Å². The van der Waals surface area contributed by atoms with Gasteiger partial charge in [-0.25, -0.2) is 48.0 Å². The van der Waals surface area contributed by atoms with Crippen LogP contribution in [0, 0.1) is 22.7 Å². The van der Waals surface area contributed by atoms with Crippen LogP contribution in [0.1, 0.15) is 142 Å². The number of fused-ring (bicyclic) bond motifs is 2. The molecule has 4 aliphatic carbocycles. The number of amides is 8. The Morgan fingerprint density at radius 1 is 0.548 bits per heavy atom. The lowest BCUT2D eigenvalue weighted by Crippen LogP contribution is -2.60. The van der Waals surface area contributed by atoms with Gasteiger partial charge in [0.25, 0.3) is 20.9 Å². The predicted molar refractivity (Wildman–Crippen MR) is 394 cm³/mol. The minimum Gasteiger partial charge on any atom is -0.444 e. The SMILES string of the molecule is C.C=CC1CC1(NC(=O)[C@@H]1C[C@@H](N)CN1C(=O)[C@@H](NC(=O)OC(C)(C)C)C(C)(C)C)C(=O)NS(=O)(=O)C1CC1.C=CC1CC1(NC(=O)[C@@H]1C[C@@H](NS(=O)(=O)c2cccc3ccccc23)CN1C(=O)[C@@H](NC(=O)OC(C)(C)C)C(C)(C)C)C(=O)NS(=O)(=O)C1CC1.O=S(=O)(Cl)c1cccc2ccccc12. The van der Waals surface area contributed by atoms with Crippen molar-refractivity contribution in [2.24, 2.45) is 28.4 Å². The van der Waals surface area contributed by atoms with E-state index in [0.717, 1.165) is 5.39 Å². The molecule has 8 amide bonds. The number of carbonyl (C=O) groups excluding carboxylic acids is 8. The van der Waals surface area contributed by atoms with Crippen LogP contribution in [0.3, 0.4) is 0 Å². The van der Waals surface area contributed by atoms with E-state index in [1.165, 1.54) is 34.1 Å². The summed E-state index contributed by atoms with van der Waals surface area (Å²) in [4.78, 5) is 110. The number of nitrogens with one attached hydrogen (secondary N) is 7. The normalized spacial score (nSPS) is 23.8. The fourth-order valence-corrected chi connectivity index (χ4v) is 17.7. The minimum atomic E-state index is -4.18. The van der Waals surface area contributed by atoms with Crippen molar-refractivity contribution in [3.05, 3.63) is 110 Å². The van der Waals surface area contributed by atoms with E-state index in [1.807, 2.05) is 18.2 Å². The largest absolute Gasteiger partial charge is 0.444 e. The molecule has 0 radical (unpaired) electrons. The lowest BCUT2D eigenvalue weighted by atomic mass is 9.85. The number of hydrogen-bond acceptors (Lipinski definition) is 19. The summed E-state index contributed by atoms with van der Waals surface area (Å²) in [6, 6.07) is 18.1. The van der Waals surface area contributed by atoms with E-state index in [0.29, 0.717) is 41.8 Å². The lowest BCUT2D eigenvalue weighted by Gasteiger charge is -2.36. The van der Waals surface area contributed by atoms with Gasteiger partial charge in [-0.15, -0.1) is 13.2 Å². The molecule has 4 unspecified atom stereocenters. The molecule has 0 aromatic heterocycles. The van der Waals surface area contributed by atoms with Crippen LogP contribution >= 0.6 is 10.7 Å². The monoisotopic (exact) mass is 1540 g/mol. The summed E-state index contributed by atoms with van der Waals surface area (Å²) < 4.78 is 118. The van der Waals surface area contributed by atoms with E-state index >= 15 is 0 Å². The van der Waals surface area contributed by atoms with E-state index in [2.05, 4.69) is 48.6 Å². The molecule has 0 spiro atoms. The van der Waals surface area contributed by atoms with E-state index in [4.69, 9.17) is 25.9 Å². The fourth-order valence-electron chi connectivity index (χ4n) is 12.4. The van der Waals surface area contributed by atoms with Gasteiger partial charge >= 0.3 is 12.2 Å². The van der Waals surface area contributed by atoms with Crippen molar-refractivity contribution in [1.82, 2.24) is 45.2 Å². The minimum absolute atomic E-state index is 0. The number of nitrogens with zero attached hydrogens (tertiary/aromatic N) is 2. The van der Waals surface area contributed by atoms with Crippen LogP contribution < -0.4 is 41.2 Å². The summed E-state index contributed by atoms with van der Waals surface area (Å²) >= 11 is 0. The zero-order chi connectivity index (χ0) is 76.8. The van der Waals surface area contributed by atoms with Gasteiger partial charge in [0.2, 0.25) is 53.7 Å². The van der Waals surface area contributed by atoms with Crippen molar-refractivity contribution >= 4 is 119 Å². The number of alkyl carbamates (subject to hydrolysis) is 2. The third-order valence-corrected chi connectivity index (χ3v) is 24.8. The van der Waals surface area contributed by atoms with Crippen molar-refractivity contribution in [1.29, 1.82) is 0 Å². The van der Waals surface area contributed by atoms with E-state index in [1.54, 1.807) is 138 Å². The van der Waals surface area contributed by atoms with Crippen LogP contribution in [-0.2, 0) is 77.4 Å². The highest BCUT2D eigenvalue weighted by Crippen LogP contribution is 2.47. The number of carbonyl (C=O) groups is 8. The Morgan fingerprint density at radius 2 is 0.913 bits per heavy atom. The number of sulfonamides is 3. The molecule has 104 heavy (non-hydrogen) atoms. The Hall–Kier alpha value is -7.75. The highest BCUT2D eigenvalue weighted by atomic mass is 35.7. The second kappa shape index (κ2) is 31.0. The first kappa shape index (κ1) is 83.5. The van der Waals surface area contributed by atoms with E-state index in [9.17, 15) is 72.0 Å². The lowest BCUT2D eigenvalue weighted by molar-refractivity contribution is -0.143. The molecule has 10 atom stereocenters. The molecule has 6 fully saturated rings. The number of halogens is 1. The smallest absolute Gasteiger partial charge is 0.408 e. The first-order valence-corrected chi connectivity index (χ1v) is 40.7. The van der Waals surface area contributed by atoms with Gasteiger partial charge in [0, 0.05) is 58.5 Å². The van der Waals surface area contributed by atoms with Crippen LogP contribution in [0.25, 0.3) is 21.5 Å². The van der Waals surface area contributed by atoms with Gasteiger partial charge in [-0.2, -0.15) is 0 Å². The first-order chi connectivity index (χ1) is 47.5. The summed E-state index contributed by atoms with van der Waals surface area (Å²) in [7, 11) is -10.3. The molecule has 4 saturated carbocycles. The number of likely N-dealkylation sites (tertiary alicyclic amines) is 2. The summed E-state index contributed by atoms with van der Waals surface area (Å²) in [5, 5.41) is 12.1. The van der Waals surface area contributed by atoms with Gasteiger partial charge in [0.05, 0.1) is 20.3 Å². The number of hydrogen-bond donors (Lipinski definition) is 8. The first-order valence-electron chi connectivity index (χ1n) is 33.8. The molecule has 2 saturated heterocycles. The molecular weight excluding hydrogens is 1440 g/mol. The van der Waals surface area contributed by atoms with E-state index in [-0.39, 0.29) is 56.0 Å². The molecule has 10 rings (SSSR count). The molecule has 28 nitrogen and oxygen atoms in total. The zero-order valence-corrected chi connectivity index (χ0v) is 63.8. The highest BCUT2D eigenvalue weighted by Gasteiger charge is 2.64. The van der Waals surface area contributed by atoms with Crippen molar-refractivity contribution in [2.45, 2.75) is 221 Å². The predicted octanol–water partition coefficient (Wildman–Crippen LogP) is 6.62. The number of nitrogens with two attached hydrogens (primary N) is 1. The van der Waals surface area contributed by atoms with Crippen LogP contribution in [-0.4, -0.2) is 173 Å². The molecule has 4 aromatic carbocycles. The summed E-state index contributed by atoms with van der Waals surface area (Å²) in [6.45, 7) is 27.8. The molecule has 572 valence electrons. The van der Waals surface area contributed by atoms with Crippen LogP contribution in [0.5, 0.6) is 0 Å². The maximum Gasteiger partial charge on any atom is 0.408 e. The molecule has 2 aliphatic heterocycles. The van der Waals surface area contributed by atoms with Crippen molar-refractivity contribution in [3.63, 3.8) is 0 Å². The average molecular weight is 1540 g/mol. The van der Waals surface area contributed by atoms with Crippen molar-refractivity contribution < 1.29 is 81.5 Å². The maximum atomic E-state index is 14.4. The van der Waals surface area contributed by atoms with Crippen molar-refractivity contribution in [3.8, 4) is 0 Å². The van der Waals surface area contributed by atoms with Gasteiger partial charge < -0.3 is 46.3 Å². The van der Waals surface area contributed by atoms with E-state index < -0.39 is 178 Å². The Kier molecular flexibility index (Phi) is 24.9. The third kappa shape index (κ3) is 20.2. The third-order valence-electron chi connectivity index (χ3n) is 18.2. The van der Waals surface area contributed by atoms with Gasteiger partial charge in [-0.3, -0.25) is 38.2 Å². The molecule has 6 aliphatic rings. The highest BCUT2D eigenvalue weighted by molar-refractivity contribution is 8.14. The fraction of sp³-hybridized carbons (Fsp3) is 0.549. The standard InChI is InChI=1S/C35H47N5O9S2.C25H41N5O7S.C10H7ClO2S.CH4/c1-8-22-19-35(22,31(43)39-50(45,46)24-16-17-24)37-29(41)26-18-23(38-51(47,48)27-15-11-13-21-12-9-10-14-25(21)27)20-40(26)30(42)28(33(2,3)4)36-32(44)49-34(5,6)7;1-8-14-12-25(14,21(33)29-38(35,36)16-9-10-16)28-19(31)17-11-15(26)13-30(17)20(32)18(23(2,3)4)27-22(34)37-24(5,6)7;11-14(12,13)10-7-3-5-8-4-1-2-6-9(8)10;/h8-15,22-24,26,28,38H,1,16-20H2,2-7H3,(H,36,44)(H,37,41)(H,39,43);8,14-18H,1,9-13,26H2,2-7H3,(H,27,34)(H,28,31)(H,29,33);1-7H;1H4/t22?,23-,26+,28-,35?;14?,15-,17+,18-,25?;;/m11../s1. The van der Waals surface area contributed by atoms with Crippen LogP contribution in [0.15, 0.2) is 120 Å². The maximum absolute atomic E-state index is 14.4. The summed E-state index contributed by atoms with van der Waals surface area (Å²) in [6.07, 6.45) is 3.35. The van der Waals surface area contributed by atoms with Gasteiger partial charge in [0.1, 0.15) is 46.4 Å². The zero-order valence-electron chi connectivity index (χ0n) is 59.8. The molecule has 4 aromatic rings.